The van der Waals surface area contributed by atoms with Gasteiger partial charge in [0.15, 0.2) is 12.4 Å². The van der Waals surface area contributed by atoms with Gasteiger partial charge in [-0.1, -0.05) is 0 Å². The Morgan fingerprint density at radius 2 is 2.06 bits per heavy atom. The molecule has 0 amide bonds. The molecule has 0 aliphatic rings. The molecule has 0 radical (unpaired) electrons. The lowest BCUT2D eigenvalue weighted by atomic mass is 10.1. The number of hydrogen-bond donors (Lipinski definition) is 4. The molecular weight excluding hydrogens is 263 g/mol. The summed E-state index contributed by atoms with van der Waals surface area (Å²) >= 11 is 0.760. The highest BCUT2D eigenvalue weighted by molar-refractivity contribution is 7.93. The van der Waals surface area contributed by atoms with Gasteiger partial charge in [0.1, 0.15) is 12.2 Å². The van der Waals surface area contributed by atoms with Gasteiger partial charge in [0.05, 0.1) is 6.61 Å². The highest BCUT2D eigenvalue weighted by Gasteiger charge is 2.35. The van der Waals surface area contributed by atoms with Crippen molar-refractivity contribution in [2.45, 2.75) is 18.3 Å². The van der Waals surface area contributed by atoms with Crippen LogP contribution in [-0.2, 0) is 18.1 Å². The summed E-state index contributed by atoms with van der Waals surface area (Å²) in [4.78, 5) is 27.7. The van der Waals surface area contributed by atoms with Crippen molar-refractivity contribution in [2.75, 3.05) is 12.9 Å². The second-order valence-electron chi connectivity index (χ2n) is 2.67. The quantitative estimate of drug-likeness (QED) is 0.242. The third-order valence-electron chi connectivity index (χ3n) is 1.49. The average molecular weight is 276 g/mol. The van der Waals surface area contributed by atoms with E-state index < -0.39 is 32.7 Å². The van der Waals surface area contributed by atoms with E-state index in [2.05, 4.69) is 4.52 Å². The Morgan fingerprint density at radius 3 is 2.38 bits per heavy atom. The van der Waals surface area contributed by atoms with Crippen molar-refractivity contribution in [1.29, 1.82) is 0 Å². The van der Waals surface area contributed by atoms with Crippen LogP contribution in [0.15, 0.2) is 0 Å². The molecule has 0 bridgehead atoms. The van der Waals surface area contributed by atoms with Crippen molar-refractivity contribution in [3.05, 3.63) is 0 Å². The van der Waals surface area contributed by atoms with E-state index in [-0.39, 0.29) is 6.29 Å². The van der Waals surface area contributed by atoms with E-state index in [1.165, 1.54) is 6.26 Å². The number of aldehydes is 1. The van der Waals surface area contributed by atoms with Gasteiger partial charge in [0, 0.05) is 6.26 Å². The van der Waals surface area contributed by atoms with Gasteiger partial charge in [0.2, 0.25) is 0 Å². The highest BCUT2D eigenvalue weighted by Crippen LogP contribution is 2.39. The lowest BCUT2D eigenvalue weighted by Gasteiger charge is -2.25. The molecule has 3 atom stereocenters. The largest absolute Gasteiger partial charge is 0.470 e. The van der Waals surface area contributed by atoms with Gasteiger partial charge in [-0.15, -0.1) is 0 Å². The monoisotopic (exact) mass is 276 g/mol. The van der Waals surface area contributed by atoms with E-state index in [0.29, 0.717) is 0 Å². The zero-order valence-corrected chi connectivity index (χ0v) is 10.0. The molecule has 0 aromatic heterocycles. The number of carbonyl (C=O) groups excluding carboxylic acids is 1. The van der Waals surface area contributed by atoms with E-state index in [4.69, 9.17) is 19.1 Å². The minimum atomic E-state index is -4.90. The number of carbonyl (C=O) groups is 1. The Bertz CT molecular complexity index is 255. The topological polar surface area (TPSA) is 134 Å². The fraction of sp³-hybridized carbons (Fsp3) is 0.833. The maximum atomic E-state index is 10.6. The van der Waals surface area contributed by atoms with Crippen LogP contribution in [0.3, 0.4) is 0 Å². The first-order valence-electron chi connectivity index (χ1n) is 4.03. The van der Waals surface area contributed by atoms with Crippen LogP contribution in [0.1, 0.15) is 0 Å². The highest BCUT2D eigenvalue weighted by atomic mass is 32.2. The van der Waals surface area contributed by atoms with Crippen LogP contribution in [0.2, 0.25) is 0 Å². The number of hydrogen-bond acceptors (Lipinski definition) is 7. The first kappa shape index (κ1) is 16.0. The molecule has 0 saturated heterocycles. The lowest BCUT2D eigenvalue weighted by Crippen LogP contribution is -2.42. The first-order valence-corrected chi connectivity index (χ1v) is 6.71. The zero-order chi connectivity index (χ0) is 12.8. The molecule has 0 saturated carbocycles. The summed E-state index contributed by atoms with van der Waals surface area (Å²) in [5.74, 6) is 0. The Labute approximate surface area is 96.0 Å². The van der Waals surface area contributed by atoms with Crippen LogP contribution < -0.4 is 0 Å². The Balaban J connectivity index is 4.76. The Morgan fingerprint density at radius 1 is 1.50 bits per heavy atom. The molecule has 0 aliphatic heterocycles. The van der Waals surface area contributed by atoms with Crippen molar-refractivity contribution in [1.82, 2.24) is 0 Å². The molecule has 0 spiro atoms. The smallest absolute Gasteiger partial charge is 0.394 e. The molecule has 0 aromatic rings. The normalized spacial score (nSPS) is 17.8. The number of phosphoric ester groups is 1. The van der Waals surface area contributed by atoms with Crippen molar-refractivity contribution < 1.29 is 38.1 Å². The van der Waals surface area contributed by atoms with Gasteiger partial charge in [-0.25, -0.2) is 4.57 Å². The van der Waals surface area contributed by atoms with Gasteiger partial charge in [0.25, 0.3) is 0 Å². The van der Waals surface area contributed by atoms with E-state index in [1.807, 2.05) is 0 Å². The molecule has 0 fully saturated rings. The Hall–Kier alpha value is 0.01000. The van der Waals surface area contributed by atoms with Crippen molar-refractivity contribution >= 4 is 26.2 Å². The third-order valence-corrected chi connectivity index (χ3v) is 2.42. The van der Waals surface area contributed by atoms with Crippen LogP contribution >= 0.6 is 19.9 Å². The van der Waals surface area contributed by atoms with Gasteiger partial charge >= 0.3 is 7.82 Å². The molecule has 10 heteroatoms. The molecule has 4 N–H and O–H groups in total. The summed E-state index contributed by atoms with van der Waals surface area (Å²) < 4.78 is 19.5. The van der Waals surface area contributed by atoms with Gasteiger partial charge < -0.3 is 29.0 Å². The lowest BCUT2D eigenvalue weighted by molar-refractivity contribution is -0.122. The van der Waals surface area contributed by atoms with Gasteiger partial charge in [-0.3, -0.25) is 4.52 Å². The summed E-state index contributed by atoms with van der Waals surface area (Å²) in [5, 5.41) is 17.9. The van der Waals surface area contributed by atoms with Crippen LogP contribution in [-0.4, -0.2) is 57.5 Å². The molecule has 0 heterocycles. The maximum Gasteiger partial charge on any atom is 0.470 e. The average Bonchev–Trinajstić information content (AvgIpc) is 2.20. The van der Waals surface area contributed by atoms with Crippen LogP contribution in [0.4, 0.5) is 0 Å². The SMILES string of the molecule is CSO[C@@H](C=O)[C@H](OP(=O)(O)O)[C@H](O)CO. The molecule has 16 heavy (non-hydrogen) atoms. The van der Waals surface area contributed by atoms with Crippen LogP contribution in [0.5, 0.6) is 0 Å². The van der Waals surface area contributed by atoms with E-state index in [9.17, 15) is 14.5 Å². The molecule has 0 aromatic carbocycles. The van der Waals surface area contributed by atoms with Crippen LogP contribution in [0, 0.1) is 0 Å². The molecule has 0 aliphatic carbocycles. The standard InChI is InChI=1S/C6H13O8PS/c1-16-14-5(3-8)6(4(9)2-7)13-15(10,11)12/h3-7,9H,2H2,1H3,(H2,10,11,12)/t4-,5+,6-/m1/s1. The summed E-state index contributed by atoms with van der Waals surface area (Å²) in [7, 11) is -4.90. The number of rotatable bonds is 8. The zero-order valence-electron chi connectivity index (χ0n) is 8.29. The second kappa shape index (κ2) is 7.36. The summed E-state index contributed by atoms with van der Waals surface area (Å²) in [5.41, 5.74) is 0. The number of aliphatic hydroxyl groups is 2. The molecule has 0 unspecified atom stereocenters. The van der Waals surface area contributed by atoms with Gasteiger partial charge in [-0.2, -0.15) is 0 Å². The third kappa shape index (κ3) is 5.92. The molecular formula is C6H13O8PS. The van der Waals surface area contributed by atoms with E-state index in [1.54, 1.807) is 0 Å². The fourth-order valence-corrected chi connectivity index (χ4v) is 1.83. The number of aliphatic hydroxyl groups excluding tert-OH is 2. The number of phosphoric acid groups is 1. The maximum absolute atomic E-state index is 10.6. The summed E-state index contributed by atoms with van der Waals surface area (Å²) in [6, 6.07) is 0. The van der Waals surface area contributed by atoms with Crippen molar-refractivity contribution in [3.63, 3.8) is 0 Å². The fourth-order valence-electron chi connectivity index (χ4n) is 0.878. The molecule has 96 valence electrons. The Kier molecular flexibility index (Phi) is 7.36. The van der Waals surface area contributed by atoms with Crippen molar-refractivity contribution in [3.8, 4) is 0 Å². The predicted octanol–water partition coefficient (Wildman–Crippen LogP) is -1.32. The minimum Gasteiger partial charge on any atom is -0.394 e. The minimum absolute atomic E-state index is 0.218. The van der Waals surface area contributed by atoms with E-state index >= 15 is 0 Å². The first-order chi connectivity index (χ1) is 7.35. The second-order valence-corrected chi connectivity index (χ2v) is 4.39. The van der Waals surface area contributed by atoms with E-state index in [0.717, 1.165) is 12.0 Å². The van der Waals surface area contributed by atoms with Gasteiger partial charge in [-0.05, 0) is 12.0 Å². The summed E-state index contributed by atoms with van der Waals surface area (Å²) in [6.07, 6.45) is -3.00. The summed E-state index contributed by atoms with van der Waals surface area (Å²) in [6.45, 7) is -0.827. The van der Waals surface area contributed by atoms with Crippen LogP contribution in [0.25, 0.3) is 0 Å². The molecule has 0 rings (SSSR count). The molecule has 8 nitrogen and oxygen atoms in total. The predicted molar refractivity (Wildman–Crippen MR) is 54.5 cm³/mol. The van der Waals surface area contributed by atoms with Crippen molar-refractivity contribution in [2.24, 2.45) is 0 Å².